The minimum Gasteiger partial charge on any atom is -0.430 e. The van der Waals surface area contributed by atoms with Crippen LogP contribution in [0.1, 0.15) is 56.7 Å². The van der Waals surface area contributed by atoms with Crippen molar-refractivity contribution in [2.75, 3.05) is 6.54 Å². The zero-order valence-corrected chi connectivity index (χ0v) is 22.6. The molecule has 3 rings (SSSR count). The second kappa shape index (κ2) is 12.4. The highest BCUT2D eigenvalue weighted by molar-refractivity contribution is 5.76. The molecule has 15 heteroatoms. The number of hydrogen-bond acceptors (Lipinski definition) is 5. The molecule has 1 aromatic carbocycles. The third-order valence-electron chi connectivity index (χ3n) is 6.32. The Labute approximate surface area is 235 Å². The number of nitrogens with zero attached hydrogens (tertiary/aromatic N) is 2. The molecule has 0 N–H and O–H groups in total. The molecule has 0 fully saturated rings. The summed E-state index contributed by atoms with van der Waals surface area (Å²) >= 11 is 0. The van der Waals surface area contributed by atoms with Gasteiger partial charge in [0.05, 0.1) is 35.4 Å². The van der Waals surface area contributed by atoms with Gasteiger partial charge in [0, 0.05) is 19.2 Å². The van der Waals surface area contributed by atoms with E-state index in [1.54, 1.807) is 13.8 Å². The van der Waals surface area contributed by atoms with Crippen LogP contribution in [0, 0.1) is 0 Å². The fourth-order valence-corrected chi connectivity index (χ4v) is 4.52. The van der Waals surface area contributed by atoms with Crippen LogP contribution >= 0.6 is 0 Å². The molecule has 1 aliphatic carbocycles. The first kappa shape index (κ1) is 33.0. The van der Waals surface area contributed by atoms with Crippen molar-refractivity contribution < 1.29 is 58.7 Å². The van der Waals surface area contributed by atoms with Gasteiger partial charge < -0.3 is 14.5 Å². The lowest BCUT2D eigenvalue weighted by Crippen LogP contribution is -2.42. The number of alkyl halides is 9. The van der Waals surface area contributed by atoms with E-state index < -0.39 is 71.5 Å². The molecule has 0 bridgehead atoms. The average molecular weight is 615 g/mol. The highest BCUT2D eigenvalue weighted by Gasteiger charge is 2.40. The van der Waals surface area contributed by atoms with Crippen LogP contribution < -0.4 is 0 Å². The molecule has 1 aromatic rings. The number of hydrogen-bond donors (Lipinski definition) is 0. The molecule has 0 saturated carbocycles. The highest BCUT2D eigenvalue weighted by Crippen LogP contribution is 2.39. The standard InChI is InChI=1S/C27H27F9N2O4/c1-15(2)41-24(40)42-38-9-5-4-6-22(21-13-18(25(28,29)30)7-8-23(21)38)37(16(3)39)14-17-10-19(26(31,32)33)12-20(11-17)27(34,35)36/h7-8,10-13,15,23H,4-6,9,14H2,1-3H3/b22-21+. The van der Waals surface area contributed by atoms with E-state index in [0.29, 0.717) is 18.6 Å². The third-order valence-corrected chi connectivity index (χ3v) is 6.32. The second-order valence-corrected chi connectivity index (χ2v) is 9.93. The van der Waals surface area contributed by atoms with Crippen molar-refractivity contribution >= 4 is 12.1 Å². The molecule has 1 heterocycles. The maximum atomic E-state index is 13.7. The maximum absolute atomic E-state index is 13.7. The number of hydroxylamine groups is 2. The van der Waals surface area contributed by atoms with Crippen molar-refractivity contribution in [1.82, 2.24) is 9.96 Å². The Balaban J connectivity index is 2.17. The normalized spacial score (nSPS) is 20.4. The van der Waals surface area contributed by atoms with Gasteiger partial charge in [0.1, 0.15) is 0 Å². The lowest BCUT2D eigenvalue weighted by molar-refractivity contribution is -0.145. The fraction of sp³-hybridized carbons (Fsp3) is 0.481. The van der Waals surface area contributed by atoms with Crippen LogP contribution in [-0.2, 0) is 33.3 Å². The summed E-state index contributed by atoms with van der Waals surface area (Å²) in [5, 5.41) is 1.06. The van der Waals surface area contributed by atoms with Crippen molar-refractivity contribution in [3.8, 4) is 0 Å². The number of benzene rings is 1. The number of halogens is 9. The van der Waals surface area contributed by atoms with Gasteiger partial charge >= 0.3 is 24.7 Å². The largest absolute Gasteiger partial charge is 0.528 e. The molecule has 0 saturated heterocycles. The SMILES string of the molecule is CC(=O)N(Cc1cc(C(F)(F)F)cc(C(F)(F)F)c1)/C1=C2\C=C(C(F)(F)F)C=CC2N(OC(=O)OC(C)C)CCCC1. The Hall–Kier alpha value is -3.49. The Morgan fingerprint density at radius 2 is 1.55 bits per heavy atom. The van der Waals surface area contributed by atoms with Crippen LogP contribution in [0.15, 0.2) is 53.3 Å². The molecule has 6 nitrogen and oxygen atoms in total. The topological polar surface area (TPSA) is 59.1 Å². The molecule has 0 radical (unpaired) electrons. The van der Waals surface area contributed by atoms with E-state index in [-0.39, 0.29) is 36.7 Å². The number of fused-ring (bicyclic) bond motifs is 1. The number of rotatable bonds is 5. The summed E-state index contributed by atoms with van der Waals surface area (Å²) in [5.74, 6) is -0.842. The van der Waals surface area contributed by atoms with Gasteiger partial charge in [-0.05, 0) is 68.5 Å². The summed E-state index contributed by atoms with van der Waals surface area (Å²) in [6, 6.07) is -0.344. The van der Waals surface area contributed by atoms with Gasteiger partial charge in [-0.25, -0.2) is 4.79 Å². The molecular formula is C27H27F9N2O4. The molecule has 2 aliphatic rings. The second-order valence-electron chi connectivity index (χ2n) is 9.93. The van der Waals surface area contributed by atoms with Gasteiger partial charge in [-0.2, -0.15) is 39.5 Å². The molecule has 42 heavy (non-hydrogen) atoms. The van der Waals surface area contributed by atoms with E-state index in [9.17, 15) is 49.1 Å². The van der Waals surface area contributed by atoms with Crippen molar-refractivity contribution in [3.63, 3.8) is 0 Å². The summed E-state index contributed by atoms with van der Waals surface area (Å²) in [6.07, 6.45) is -13.8. The van der Waals surface area contributed by atoms with E-state index in [2.05, 4.69) is 0 Å². The quantitative estimate of drug-likeness (QED) is 0.251. The van der Waals surface area contributed by atoms with Crippen molar-refractivity contribution in [2.24, 2.45) is 0 Å². The minimum absolute atomic E-state index is 0.0454. The van der Waals surface area contributed by atoms with Crippen molar-refractivity contribution in [2.45, 2.75) is 77.3 Å². The summed E-state index contributed by atoms with van der Waals surface area (Å²) < 4.78 is 127. The fourth-order valence-electron chi connectivity index (χ4n) is 4.52. The van der Waals surface area contributed by atoms with Gasteiger partial charge in [-0.1, -0.05) is 12.2 Å². The Bertz CT molecular complexity index is 1250. The van der Waals surface area contributed by atoms with Crippen LogP contribution in [-0.4, -0.2) is 46.9 Å². The van der Waals surface area contributed by atoms with Crippen LogP contribution in [0.25, 0.3) is 0 Å². The van der Waals surface area contributed by atoms with Crippen molar-refractivity contribution in [1.29, 1.82) is 0 Å². The van der Waals surface area contributed by atoms with E-state index in [4.69, 9.17) is 9.57 Å². The predicted molar refractivity (Wildman–Crippen MR) is 130 cm³/mol. The molecule has 1 unspecified atom stereocenters. The highest BCUT2D eigenvalue weighted by atomic mass is 19.4. The lowest BCUT2D eigenvalue weighted by atomic mass is 9.90. The van der Waals surface area contributed by atoms with Gasteiger partial charge in [-0.3, -0.25) is 4.79 Å². The molecule has 1 aliphatic heterocycles. The molecule has 0 spiro atoms. The first-order chi connectivity index (χ1) is 19.3. The smallest absolute Gasteiger partial charge is 0.430 e. The van der Waals surface area contributed by atoms with Gasteiger partial charge in [0.15, 0.2) is 0 Å². The lowest BCUT2D eigenvalue weighted by Gasteiger charge is -2.37. The zero-order valence-electron chi connectivity index (χ0n) is 22.6. The van der Waals surface area contributed by atoms with E-state index in [0.717, 1.165) is 35.1 Å². The maximum Gasteiger partial charge on any atom is 0.528 e. The molecule has 0 aromatic heterocycles. The molecule has 232 valence electrons. The van der Waals surface area contributed by atoms with Crippen LogP contribution in [0.5, 0.6) is 0 Å². The number of carbonyl (C=O) groups is 2. The van der Waals surface area contributed by atoms with E-state index in [1.807, 2.05) is 0 Å². The van der Waals surface area contributed by atoms with Gasteiger partial charge in [-0.15, -0.1) is 5.06 Å². The summed E-state index contributed by atoms with van der Waals surface area (Å²) in [6.45, 7) is 3.32. The van der Waals surface area contributed by atoms with Crippen LogP contribution in [0.2, 0.25) is 0 Å². The van der Waals surface area contributed by atoms with E-state index >= 15 is 0 Å². The number of amides is 1. The molecule has 1 amide bonds. The number of allylic oxidation sites excluding steroid dienone is 3. The summed E-state index contributed by atoms with van der Waals surface area (Å²) in [4.78, 5) is 31.2. The van der Waals surface area contributed by atoms with Crippen molar-refractivity contribution in [3.05, 3.63) is 70.0 Å². The Morgan fingerprint density at radius 1 is 0.952 bits per heavy atom. The molecule has 1 atom stereocenters. The molecular weight excluding hydrogens is 587 g/mol. The zero-order chi connectivity index (χ0) is 31.6. The number of ether oxygens (including phenoxy) is 1. The predicted octanol–water partition coefficient (Wildman–Crippen LogP) is 7.72. The van der Waals surface area contributed by atoms with Gasteiger partial charge in [0.2, 0.25) is 5.91 Å². The van der Waals surface area contributed by atoms with Crippen LogP contribution in [0.3, 0.4) is 0 Å². The number of carbonyl (C=O) groups excluding carboxylic acids is 2. The van der Waals surface area contributed by atoms with Crippen LogP contribution in [0.4, 0.5) is 44.3 Å². The first-order valence-corrected chi connectivity index (χ1v) is 12.7. The Morgan fingerprint density at radius 3 is 2.05 bits per heavy atom. The third kappa shape index (κ3) is 8.29. The average Bonchev–Trinajstić information content (AvgIpc) is 2.83. The van der Waals surface area contributed by atoms with Gasteiger partial charge in [0.25, 0.3) is 0 Å². The first-order valence-electron chi connectivity index (χ1n) is 12.7. The minimum atomic E-state index is -5.15. The summed E-state index contributed by atoms with van der Waals surface area (Å²) in [7, 11) is 0. The Kier molecular flexibility index (Phi) is 9.74. The van der Waals surface area contributed by atoms with E-state index in [1.165, 1.54) is 0 Å². The summed E-state index contributed by atoms with van der Waals surface area (Å²) in [5.41, 5.74) is -5.12. The monoisotopic (exact) mass is 614 g/mol.